The zero-order valence-electron chi connectivity index (χ0n) is 12.4. The average Bonchev–Trinajstić information content (AvgIpc) is 2.55. The molecule has 3 nitrogen and oxygen atoms in total. The van der Waals surface area contributed by atoms with Gasteiger partial charge < -0.3 is 9.64 Å². The van der Waals surface area contributed by atoms with Crippen molar-refractivity contribution in [2.75, 3.05) is 7.11 Å². The molecule has 114 valence electrons. The third-order valence-corrected chi connectivity index (χ3v) is 3.66. The van der Waals surface area contributed by atoms with Crippen molar-refractivity contribution in [2.24, 2.45) is 0 Å². The van der Waals surface area contributed by atoms with E-state index in [2.05, 4.69) is 45.1 Å². The van der Waals surface area contributed by atoms with E-state index in [4.69, 9.17) is 4.74 Å². The van der Waals surface area contributed by atoms with E-state index in [1.54, 1.807) is 6.20 Å². The molecule has 0 aliphatic carbocycles. The second kappa shape index (κ2) is 8.39. The quantitative estimate of drug-likeness (QED) is 0.574. The van der Waals surface area contributed by atoms with Crippen molar-refractivity contribution in [1.82, 2.24) is 4.90 Å². The molecule has 0 bridgehead atoms. The first-order valence-electron chi connectivity index (χ1n) is 6.96. The summed E-state index contributed by atoms with van der Waals surface area (Å²) in [6.07, 6.45) is 1.78. The van der Waals surface area contributed by atoms with Crippen LogP contribution in [0.15, 0.2) is 71.3 Å². The van der Waals surface area contributed by atoms with E-state index in [0.717, 1.165) is 0 Å². The van der Waals surface area contributed by atoms with Crippen LogP contribution >= 0.6 is 15.9 Å². The molecule has 0 spiro atoms. The molecular weight excluding hydrogens is 342 g/mol. The number of benzene rings is 2. The highest BCUT2D eigenvalue weighted by molar-refractivity contribution is 9.12. The number of hydrogen-bond donors (Lipinski definition) is 0. The van der Waals surface area contributed by atoms with Crippen molar-refractivity contribution in [2.45, 2.75) is 13.1 Å². The number of carbonyl (C=O) groups excluding carboxylic acids is 1. The Morgan fingerprint density at radius 2 is 1.45 bits per heavy atom. The summed E-state index contributed by atoms with van der Waals surface area (Å²) >= 11 is 3.28. The van der Waals surface area contributed by atoms with Gasteiger partial charge in [0.1, 0.15) is 4.48 Å². The minimum Gasteiger partial charge on any atom is -0.465 e. The molecule has 0 unspecified atom stereocenters. The van der Waals surface area contributed by atoms with Crippen LogP contribution in [0.2, 0.25) is 0 Å². The summed E-state index contributed by atoms with van der Waals surface area (Å²) in [7, 11) is 1.37. The highest BCUT2D eigenvalue weighted by Crippen LogP contribution is 2.15. The van der Waals surface area contributed by atoms with E-state index in [1.165, 1.54) is 18.2 Å². The first-order valence-corrected chi connectivity index (χ1v) is 7.76. The number of nitrogens with zero attached hydrogens (tertiary/aromatic N) is 1. The first kappa shape index (κ1) is 16.3. The molecule has 0 fully saturated rings. The summed E-state index contributed by atoms with van der Waals surface area (Å²) in [5.41, 5.74) is 2.36. The molecule has 2 aromatic rings. The minimum absolute atomic E-state index is 0.383. The zero-order valence-corrected chi connectivity index (χ0v) is 14.0. The average molecular weight is 360 g/mol. The van der Waals surface area contributed by atoms with Crippen molar-refractivity contribution >= 4 is 21.9 Å². The molecule has 22 heavy (non-hydrogen) atoms. The van der Waals surface area contributed by atoms with E-state index >= 15 is 0 Å². The molecule has 0 saturated heterocycles. The molecule has 0 amide bonds. The molecule has 0 aliphatic heterocycles. The van der Waals surface area contributed by atoms with Gasteiger partial charge in [0.25, 0.3) is 0 Å². The Morgan fingerprint density at radius 3 is 1.86 bits per heavy atom. The molecule has 0 aromatic heterocycles. The van der Waals surface area contributed by atoms with Gasteiger partial charge in [0.15, 0.2) is 0 Å². The van der Waals surface area contributed by atoms with E-state index in [0.29, 0.717) is 17.6 Å². The number of carbonyl (C=O) groups is 1. The summed E-state index contributed by atoms with van der Waals surface area (Å²) < 4.78 is 5.14. The van der Waals surface area contributed by atoms with E-state index in [-0.39, 0.29) is 5.97 Å². The van der Waals surface area contributed by atoms with Crippen molar-refractivity contribution in [3.05, 3.63) is 82.5 Å². The Kier molecular flexibility index (Phi) is 6.22. The Hall–Kier alpha value is -2.07. The largest absolute Gasteiger partial charge is 0.465 e. The summed E-state index contributed by atoms with van der Waals surface area (Å²) in [5.74, 6) is -0.383. The molecule has 0 saturated carbocycles. The van der Waals surface area contributed by atoms with Crippen LogP contribution in [0.4, 0.5) is 0 Å². The molecule has 0 aliphatic rings. The zero-order chi connectivity index (χ0) is 15.8. The van der Waals surface area contributed by atoms with Crippen LogP contribution in [0.3, 0.4) is 0 Å². The maximum absolute atomic E-state index is 11.6. The number of halogens is 1. The summed E-state index contributed by atoms with van der Waals surface area (Å²) in [4.78, 5) is 13.7. The lowest BCUT2D eigenvalue weighted by Gasteiger charge is -2.21. The molecule has 0 radical (unpaired) electrons. The van der Waals surface area contributed by atoms with Crippen LogP contribution in [-0.4, -0.2) is 18.0 Å². The third kappa shape index (κ3) is 5.04. The topological polar surface area (TPSA) is 29.5 Å². The van der Waals surface area contributed by atoms with Crippen LogP contribution in [0.25, 0.3) is 0 Å². The molecular formula is C18H18BrNO2. The Morgan fingerprint density at radius 1 is 1.00 bits per heavy atom. The number of rotatable bonds is 6. The molecule has 0 atom stereocenters. The number of hydrogen-bond acceptors (Lipinski definition) is 3. The molecule has 2 aromatic carbocycles. The van der Waals surface area contributed by atoms with Gasteiger partial charge in [-0.25, -0.2) is 4.79 Å². The van der Waals surface area contributed by atoms with Gasteiger partial charge in [0.05, 0.1) is 7.11 Å². The van der Waals surface area contributed by atoms with Crippen LogP contribution in [0, 0.1) is 0 Å². The lowest BCUT2D eigenvalue weighted by Crippen LogP contribution is -2.18. The minimum atomic E-state index is -0.383. The summed E-state index contributed by atoms with van der Waals surface area (Å²) in [6, 6.07) is 20.3. The van der Waals surface area contributed by atoms with Crippen molar-refractivity contribution in [3.63, 3.8) is 0 Å². The number of ether oxygens (including phenoxy) is 1. The summed E-state index contributed by atoms with van der Waals surface area (Å²) in [6.45, 7) is 1.42. The van der Waals surface area contributed by atoms with Crippen LogP contribution < -0.4 is 0 Å². The van der Waals surface area contributed by atoms with Crippen molar-refractivity contribution in [3.8, 4) is 0 Å². The highest BCUT2D eigenvalue weighted by atomic mass is 79.9. The van der Waals surface area contributed by atoms with Gasteiger partial charge in [-0.15, -0.1) is 0 Å². The van der Waals surface area contributed by atoms with Gasteiger partial charge in [-0.1, -0.05) is 60.7 Å². The van der Waals surface area contributed by atoms with Gasteiger partial charge in [0, 0.05) is 19.3 Å². The van der Waals surface area contributed by atoms with Crippen LogP contribution in [0.5, 0.6) is 0 Å². The van der Waals surface area contributed by atoms with Gasteiger partial charge in [0.2, 0.25) is 0 Å². The SMILES string of the molecule is COC(=O)/C(Br)=C/N(Cc1ccccc1)Cc1ccccc1. The predicted octanol–water partition coefficient (Wildman–Crippen LogP) is 4.10. The van der Waals surface area contributed by atoms with E-state index in [9.17, 15) is 4.79 Å². The highest BCUT2D eigenvalue weighted by Gasteiger charge is 2.09. The fraction of sp³-hybridized carbons (Fsp3) is 0.167. The Balaban J connectivity index is 2.18. The standard InChI is InChI=1S/C18H18BrNO2/c1-22-18(21)17(19)14-20(12-15-8-4-2-5-9-15)13-16-10-6-3-7-11-16/h2-11,14H,12-13H2,1H3/b17-14-. The lowest BCUT2D eigenvalue weighted by molar-refractivity contribution is -0.135. The van der Waals surface area contributed by atoms with Crippen LogP contribution in [-0.2, 0) is 22.6 Å². The molecule has 0 heterocycles. The molecule has 4 heteroatoms. The Labute approximate surface area is 139 Å². The lowest BCUT2D eigenvalue weighted by atomic mass is 10.2. The fourth-order valence-corrected chi connectivity index (χ4v) is 2.54. The Bertz CT molecular complexity index is 585. The van der Waals surface area contributed by atoms with Crippen LogP contribution in [0.1, 0.15) is 11.1 Å². The van der Waals surface area contributed by atoms with Gasteiger partial charge in [-0.2, -0.15) is 0 Å². The maximum atomic E-state index is 11.6. The third-order valence-electron chi connectivity index (χ3n) is 3.13. The smallest absolute Gasteiger partial charge is 0.346 e. The van der Waals surface area contributed by atoms with Crippen molar-refractivity contribution < 1.29 is 9.53 Å². The van der Waals surface area contributed by atoms with E-state index < -0.39 is 0 Å². The number of esters is 1. The van der Waals surface area contributed by atoms with E-state index in [1.807, 2.05) is 36.4 Å². The number of methoxy groups -OCH3 is 1. The van der Waals surface area contributed by atoms with Gasteiger partial charge >= 0.3 is 5.97 Å². The monoisotopic (exact) mass is 359 g/mol. The van der Waals surface area contributed by atoms with Gasteiger partial charge in [-0.3, -0.25) is 0 Å². The second-order valence-corrected chi connectivity index (χ2v) is 5.70. The summed E-state index contributed by atoms with van der Waals surface area (Å²) in [5, 5.41) is 0. The van der Waals surface area contributed by atoms with Crippen molar-refractivity contribution in [1.29, 1.82) is 0 Å². The normalized spacial score (nSPS) is 11.1. The first-order chi connectivity index (χ1) is 10.7. The molecule has 2 rings (SSSR count). The maximum Gasteiger partial charge on any atom is 0.346 e. The molecule has 0 N–H and O–H groups in total. The fourth-order valence-electron chi connectivity index (χ4n) is 2.09. The van der Waals surface area contributed by atoms with Gasteiger partial charge in [-0.05, 0) is 27.1 Å². The predicted molar refractivity (Wildman–Crippen MR) is 91.2 cm³/mol. The second-order valence-electron chi connectivity index (χ2n) is 4.84.